The minimum atomic E-state index is -4.19. The number of likely N-dealkylation sites (tertiary alicyclic amines) is 1. The van der Waals surface area contributed by atoms with E-state index in [1.165, 1.54) is 0 Å². The first-order valence-corrected chi connectivity index (χ1v) is 7.53. The van der Waals surface area contributed by atoms with Crippen molar-refractivity contribution < 1.29 is 18.0 Å². The van der Waals surface area contributed by atoms with E-state index < -0.39 is 12.1 Å². The highest BCUT2D eigenvalue weighted by molar-refractivity contribution is 6.31. The Hall–Kier alpha value is -1.27. The topological polar surface area (TPSA) is 32.3 Å². The number of nitrogens with zero attached hydrogens (tertiary/aromatic N) is 1. The summed E-state index contributed by atoms with van der Waals surface area (Å²) in [5, 5.41) is 3.25. The van der Waals surface area contributed by atoms with Crippen molar-refractivity contribution in [2.75, 3.05) is 19.6 Å². The summed E-state index contributed by atoms with van der Waals surface area (Å²) in [6, 6.07) is 7.12. The van der Waals surface area contributed by atoms with Crippen LogP contribution in [-0.2, 0) is 11.3 Å². The number of nitrogens with one attached hydrogen (secondary N) is 1. The SMILES string of the molecule is O=C(CN1CCCC(C(F)(F)F)C1)NCc1ccccc1Cl. The van der Waals surface area contributed by atoms with Crippen LogP contribution in [0.2, 0.25) is 5.02 Å². The zero-order chi connectivity index (χ0) is 16.2. The molecule has 1 aromatic rings. The lowest BCUT2D eigenvalue weighted by molar-refractivity contribution is -0.187. The number of carbonyl (C=O) groups excluding carboxylic acids is 1. The lowest BCUT2D eigenvalue weighted by Crippen LogP contribution is -2.45. The summed E-state index contributed by atoms with van der Waals surface area (Å²) in [5.41, 5.74) is 0.782. The van der Waals surface area contributed by atoms with E-state index in [9.17, 15) is 18.0 Å². The molecule has 1 unspecified atom stereocenters. The van der Waals surface area contributed by atoms with Crippen molar-refractivity contribution in [3.05, 3.63) is 34.9 Å². The highest BCUT2D eigenvalue weighted by Crippen LogP contribution is 2.32. The molecule has 1 aromatic carbocycles. The molecule has 2 rings (SSSR count). The van der Waals surface area contributed by atoms with Crippen LogP contribution >= 0.6 is 11.6 Å². The number of amides is 1. The van der Waals surface area contributed by atoms with Gasteiger partial charge in [-0.1, -0.05) is 29.8 Å². The Labute approximate surface area is 132 Å². The van der Waals surface area contributed by atoms with Crippen molar-refractivity contribution in [1.82, 2.24) is 10.2 Å². The van der Waals surface area contributed by atoms with Crippen LogP contribution in [0.25, 0.3) is 0 Å². The minimum absolute atomic E-state index is 0.0168. The molecule has 1 aliphatic heterocycles. The van der Waals surface area contributed by atoms with Gasteiger partial charge in [-0.25, -0.2) is 0 Å². The van der Waals surface area contributed by atoms with Crippen molar-refractivity contribution in [3.63, 3.8) is 0 Å². The molecule has 1 atom stereocenters. The molecule has 7 heteroatoms. The second-order valence-corrected chi connectivity index (χ2v) is 5.89. The lowest BCUT2D eigenvalue weighted by Gasteiger charge is -2.33. The maximum absolute atomic E-state index is 12.7. The van der Waals surface area contributed by atoms with E-state index in [1.54, 1.807) is 23.1 Å². The number of benzene rings is 1. The quantitative estimate of drug-likeness (QED) is 0.917. The number of hydrogen-bond donors (Lipinski definition) is 1. The monoisotopic (exact) mass is 334 g/mol. The average Bonchev–Trinajstić information content (AvgIpc) is 2.46. The highest BCUT2D eigenvalue weighted by Gasteiger charge is 2.41. The second kappa shape index (κ2) is 7.33. The summed E-state index contributed by atoms with van der Waals surface area (Å²) >= 11 is 5.98. The van der Waals surface area contributed by atoms with Gasteiger partial charge in [-0.3, -0.25) is 9.69 Å². The molecule has 1 fully saturated rings. The van der Waals surface area contributed by atoms with E-state index in [1.807, 2.05) is 6.07 Å². The van der Waals surface area contributed by atoms with Crippen molar-refractivity contribution in [2.45, 2.75) is 25.6 Å². The summed E-state index contributed by atoms with van der Waals surface area (Å²) in [5.74, 6) is -1.62. The van der Waals surface area contributed by atoms with Crippen LogP contribution < -0.4 is 5.32 Å². The third-order valence-corrected chi connectivity index (χ3v) is 4.14. The second-order valence-electron chi connectivity index (χ2n) is 5.48. The van der Waals surface area contributed by atoms with Gasteiger partial charge in [0.1, 0.15) is 0 Å². The van der Waals surface area contributed by atoms with Crippen molar-refractivity contribution in [3.8, 4) is 0 Å². The van der Waals surface area contributed by atoms with Gasteiger partial charge in [0.05, 0.1) is 12.5 Å². The fraction of sp³-hybridized carbons (Fsp3) is 0.533. The Kier molecular flexibility index (Phi) is 5.69. The van der Waals surface area contributed by atoms with E-state index >= 15 is 0 Å². The van der Waals surface area contributed by atoms with Gasteiger partial charge in [0.15, 0.2) is 0 Å². The Morgan fingerprint density at radius 1 is 1.36 bits per heavy atom. The number of alkyl halides is 3. The van der Waals surface area contributed by atoms with Crippen LogP contribution in [0.4, 0.5) is 13.2 Å². The molecule has 122 valence electrons. The summed E-state index contributed by atoms with van der Waals surface area (Å²) in [6.07, 6.45) is -3.59. The maximum Gasteiger partial charge on any atom is 0.393 e. The normalized spacial score (nSPS) is 19.9. The van der Waals surface area contributed by atoms with Crippen molar-refractivity contribution in [1.29, 1.82) is 0 Å². The van der Waals surface area contributed by atoms with Gasteiger partial charge in [-0.05, 0) is 31.0 Å². The van der Waals surface area contributed by atoms with Crippen molar-refractivity contribution >= 4 is 17.5 Å². The summed E-state index contributed by atoms with van der Waals surface area (Å²) in [7, 11) is 0. The number of piperidine rings is 1. The van der Waals surface area contributed by atoms with Gasteiger partial charge in [-0.2, -0.15) is 13.2 Å². The molecule has 0 aromatic heterocycles. The molecule has 0 saturated carbocycles. The number of halogens is 4. The van der Waals surface area contributed by atoms with Gasteiger partial charge >= 0.3 is 6.18 Å². The smallest absolute Gasteiger partial charge is 0.351 e. The van der Waals surface area contributed by atoms with E-state index in [2.05, 4.69) is 5.32 Å². The van der Waals surface area contributed by atoms with Crippen LogP contribution in [0, 0.1) is 5.92 Å². The molecule has 1 saturated heterocycles. The Morgan fingerprint density at radius 2 is 2.09 bits per heavy atom. The minimum Gasteiger partial charge on any atom is -0.351 e. The third kappa shape index (κ3) is 4.88. The summed E-state index contributed by atoms with van der Waals surface area (Å²) in [4.78, 5) is 13.4. The van der Waals surface area contributed by atoms with Crippen LogP contribution in [0.5, 0.6) is 0 Å². The van der Waals surface area contributed by atoms with E-state index in [0.717, 1.165) is 5.56 Å². The fourth-order valence-electron chi connectivity index (χ4n) is 2.56. The molecule has 3 nitrogen and oxygen atoms in total. The fourth-order valence-corrected chi connectivity index (χ4v) is 2.76. The molecule has 1 amide bonds. The van der Waals surface area contributed by atoms with Gasteiger partial charge in [0.25, 0.3) is 0 Å². The lowest BCUT2D eigenvalue weighted by atomic mass is 9.97. The van der Waals surface area contributed by atoms with Gasteiger partial charge in [0.2, 0.25) is 5.91 Å². The number of rotatable bonds is 4. The largest absolute Gasteiger partial charge is 0.393 e. The number of hydrogen-bond acceptors (Lipinski definition) is 2. The standard InChI is InChI=1S/C15H18ClF3N2O/c16-13-6-2-1-4-11(13)8-20-14(22)10-21-7-3-5-12(9-21)15(17,18)19/h1-2,4,6,12H,3,5,7-10H2,(H,20,22). The average molecular weight is 335 g/mol. The summed E-state index contributed by atoms with van der Waals surface area (Å²) < 4.78 is 38.2. The Bertz CT molecular complexity index is 522. The molecule has 0 aliphatic carbocycles. The van der Waals surface area contributed by atoms with E-state index in [0.29, 0.717) is 18.0 Å². The Balaban J connectivity index is 1.81. The molecular weight excluding hydrogens is 317 g/mol. The molecule has 1 aliphatic rings. The Morgan fingerprint density at radius 3 is 2.77 bits per heavy atom. The van der Waals surface area contributed by atoms with Crippen LogP contribution in [0.3, 0.4) is 0 Å². The zero-order valence-corrected chi connectivity index (χ0v) is 12.8. The van der Waals surface area contributed by atoms with Gasteiger partial charge < -0.3 is 5.32 Å². The van der Waals surface area contributed by atoms with Gasteiger partial charge in [0, 0.05) is 18.1 Å². The summed E-state index contributed by atoms with van der Waals surface area (Å²) in [6.45, 7) is 0.668. The molecule has 22 heavy (non-hydrogen) atoms. The first-order chi connectivity index (χ1) is 10.4. The van der Waals surface area contributed by atoms with Gasteiger partial charge in [-0.15, -0.1) is 0 Å². The van der Waals surface area contributed by atoms with E-state index in [-0.39, 0.29) is 32.0 Å². The molecule has 0 spiro atoms. The molecule has 0 radical (unpaired) electrons. The highest BCUT2D eigenvalue weighted by atomic mass is 35.5. The first-order valence-electron chi connectivity index (χ1n) is 7.15. The zero-order valence-electron chi connectivity index (χ0n) is 12.0. The van der Waals surface area contributed by atoms with Crippen molar-refractivity contribution in [2.24, 2.45) is 5.92 Å². The molecule has 0 bridgehead atoms. The van der Waals surface area contributed by atoms with Crippen LogP contribution in [0.1, 0.15) is 18.4 Å². The van der Waals surface area contributed by atoms with Crippen LogP contribution in [0.15, 0.2) is 24.3 Å². The molecule has 1 N–H and O–H groups in total. The molecule has 1 heterocycles. The maximum atomic E-state index is 12.7. The third-order valence-electron chi connectivity index (χ3n) is 3.77. The van der Waals surface area contributed by atoms with E-state index in [4.69, 9.17) is 11.6 Å². The number of carbonyl (C=O) groups is 1. The van der Waals surface area contributed by atoms with Crippen LogP contribution in [-0.4, -0.2) is 36.6 Å². The molecular formula is C15H18ClF3N2O. The predicted octanol–water partition coefficient (Wildman–Crippen LogP) is 3.23. The predicted molar refractivity (Wildman–Crippen MR) is 78.5 cm³/mol. The first kappa shape index (κ1) is 17.1.